The fraction of sp³-hybridized carbons (Fsp3) is 0.235. The Kier molecular flexibility index (Phi) is 3.52. The first-order valence-electron chi connectivity index (χ1n) is 6.70. The van der Waals surface area contributed by atoms with Gasteiger partial charge in [-0.2, -0.15) is 0 Å². The molecule has 1 saturated heterocycles. The molecule has 20 heavy (non-hydrogen) atoms. The molecule has 0 bridgehead atoms. The van der Waals surface area contributed by atoms with Crippen LogP contribution >= 0.6 is 0 Å². The summed E-state index contributed by atoms with van der Waals surface area (Å²) in [6.07, 6.45) is 1.27. The Bertz CT molecular complexity index is 595. The monoisotopic (exact) mass is 268 g/mol. The molecule has 0 aliphatic carbocycles. The molecule has 1 fully saturated rings. The fourth-order valence-electron chi connectivity index (χ4n) is 2.00. The number of esters is 1. The molecule has 0 aromatic heterocycles. The third-order valence-electron chi connectivity index (χ3n) is 3.29. The summed E-state index contributed by atoms with van der Waals surface area (Å²) in [7, 11) is 0. The quantitative estimate of drug-likeness (QED) is 0.486. The molecule has 0 radical (unpaired) electrons. The van der Waals surface area contributed by atoms with Crippen molar-refractivity contribution in [2.75, 3.05) is 6.61 Å². The highest BCUT2D eigenvalue weighted by Gasteiger charge is 2.22. The van der Waals surface area contributed by atoms with Crippen molar-refractivity contribution < 1.29 is 14.3 Å². The second-order valence-corrected chi connectivity index (χ2v) is 5.06. The van der Waals surface area contributed by atoms with Crippen LogP contribution in [-0.4, -0.2) is 18.7 Å². The second kappa shape index (κ2) is 5.47. The van der Waals surface area contributed by atoms with E-state index in [1.165, 1.54) is 5.56 Å². The van der Waals surface area contributed by atoms with Crippen LogP contribution in [0.15, 0.2) is 48.5 Å². The Morgan fingerprint density at radius 3 is 2.40 bits per heavy atom. The Hall–Kier alpha value is -2.13. The van der Waals surface area contributed by atoms with E-state index in [2.05, 4.69) is 0 Å². The number of ether oxygens (including phenoxy) is 2. The van der Waals surface area contributed by atoms with E-state index in [9.17, 15) is 4.79 Å². The molecule has 1 heterocycles. The van der Waals surface area contributed by atoms with E-state index in [0.717, 1.165) is 18.6 Å². The number of carbonyl (C=O) groups is 1. The van der Waals surface area contributed by atoms with Crippen molar-refractivity contribution in [3.05, 3.63) is 65.2 Å². The molecule has 0 amide bonds. The van der Waals surface area contributed by atoms with Crippen molar-refractivity contribution >= 4 is 5.97 Å². The number of rotatable bonds is 4. The minimum atomic E-state index is -0.330. The summed E-state index contributed by atoms with van der Waals surface area (Å²) in [5, 5.41) is 0. The molecule has 0 saturated carbocycles. The smallest absolute Gasteiger partial charge is 0.343 e. The van der Waals surface area contributed by atoms with Crippen molar-refractivity contribution in [2.24, 2.45) is 0 Å². The van der Waals surface area contributed by atoms with Gasteiger partial charge in [0.1, 0.15) is 5.75 Å². The van der Waals surface area contributed by atoms with Gasteiger partial charge in [0.05, 0.1) is 18.3 Å². The average molecular weight is 268 g/mol. The summed E-state index contributed by atoms with van der Waals surface area (Å²) >= 11 is 0. The van der Waals surface area contributed by atoms with Gasteiger partial charge in [-0.3, -0.25) is 0 Å². The molecule has 1 aliphatic heterocycles. The summed E-state index contributed by atoms with van der Waals surface area (Å²) in [5.41, 5.74) is 2.88. The van der Waals surface area contributed by atoms with Crippen LogP contribution in [0.5, 0.6) is 5.75 Å². The zero-order valence-electron chi connectivity index (χ0n) is 11.3. The highest BCUT2D eigenvalue weighted by Crippen LogP contribution is 2.18. The minimum Gasteiger partial charge on any atom is -0.423 e. The van der Waals surface area contributed by atoms with Crippen LogP contribution in [0, 0.1) is 6.92 Å². The molecule has 3 heteroatoms. The largest absolute Gasteiger partial charge is 0.423 e. The molecule has 102 valence electrons. The Morgan fingerprint density at radius 2 is 1.80 bits per heavy atom. The molecule has 0 N–H and O–H groups in total. The van der Waals surface area contributed by atoms with E-state index in [0.29, 0.717) is 17.4 Å². The fourth-order valence-corrected chi connectivity index (χ4v) is 2.00. The van der Waals surface area contributed by atoms with E-state index < -0.39 is 0 Å². The van der Waals surface area contributed by atoms with Crippen molar-refractivity contribution in [2.45, 2.75) is 19.4 Å². The van der Waals surface area contributed by atoms with Gasteiger partial charge in [-0.15, -0.1) is 0 Å². The molecule has 2 aromatic rings. The van der Waals surface area contributed by atoms with E-state index in [4.69, 9.17) is 9.47 Å². The lowest BCUT2D eigenvalue weighted by molar-refractivity contribution is 0.0734. The number of carbonyl (C=O) groups excluding carboxylic acids is 1. The summed E-state index contributed by atoms with van der Waals surface area (Å²) in [6, 6.07) is 14.9. The minimum absolute atomic E-state index is 0.330. The van der Waals surface area contributed by atoms with Gasteiger partial charge in [0, 0.05) is 6.42 Å². The number of benzene rings is 2. The summed E-state index contributed by atoms with van der Waals surface area (Å²) in [6.45, 7) is 2.84. The van der Waals surface area contributed by atoms with Crippen LogP contribution < -0.4 is 4.74 Å². The molecular weight excluding hydrogens is 252 g/mol. The van der Waals surface area contributed by atoms with Gasteiger partial charge in [0.2, 0.25) is 0 Å². The number of hydrogen-bond acceptors (Lipinski definition) is 3. The van der Waals surface area contributed by atoms with Gasteiger partial charge in [0.25, 0.3) is 0 Å². The molecule has 2 aromatic carbocycles. The van der Waals surface area contributed by atoms with E-state index in [1.54, 1.807) is 24.3 Å². The Morgan fingerprint density at radius 1 is 1.15 bits per heavy atom. The summed E-state index contributed by atoms with van der Waals surface area (Å²) in [5.74, 6) is 0.235. The topological polar surface area (TPSA) is 38.8 Å². The molecule has 1 atom stereocenters. The number of hydrogen-bond donors (Lipinski definition) is 0. The van der Waals surface area contributed by atoms with Gasteiger partial charge in [-0.1, -0.05) is 29.8 Å². The van der Waals surface area contributed by atoms with Crippen LogP contribution in [0.2, 0.25) is 0 Å². The lowest BCUT2D eigenvalue weighted by Gasteiger charge is -2.05. The third kappa shape index (κ3) is 3.25. The van der Waals surface area contributed by atoms with Crippen molar-refractivity contribution in [1.29, 1.82) is 0 Å². The first kappa shape index (κ1) is 12.9. The molecular formula is C17H16O3. The standard InChI is InChI=1S/C17H16O3/c1-12-2-8-15(9-3-12)20-17(18)14-6-4-13(5-7-14)10-16-11-19-16/h2-9,16H,10-11H2,1H3. The molecule has 3 rings (SSSR count). The molecule has 1 unspecified atom stereocenters. The van der Waals surface area contributed by atoms with E-state index >= 15 is 0 Å². The summed E-state index contributed by atoms with van der Waals surface area (Å²) < 4.78 is 10.5. The van der Waals surface area contributed by atoms with Gasteiger partial charge in [0.15, 0.2) is 0 Å². The lowest BCUT2D eigenvalue weighted by Crippen LogP contribution is -2.08. The van der Waals surface area contributed by atoms with Gasteiger partial charge in [-0.25, -0.2) is 4.79 Å². The van der Waals surface area contributed by atoms with Crippen molar-refractivity contribution in [3.63, 3.8) is 0 Å². The van der Waals surface area contributed by atoms with Crippen molar-refractivity contribution in [1.82, 2.24) is 0 Å². The van der Waals surface area contributed by atoms with Crippen LogP contribution in [0.25, 0.3) is 0 Å². The first-order chi connectivity index (χ1) is 9.70. The highest BCUT2D eigenvalue weighted by atomic mass is 16.6. The van der Waals surface area contributed by atoms with Gasteiger partial charge in [-0.05, 0) is 36.8 Å². The van der Waals surface area contributed by atoms with E-state index in [-0.39, 0.29) is 5.97 Å². The van der Waals surface area contributed by atoms with Crippen LogP contribution in [0.4, 0.5) is 0 Å². The first-order valence-corrected chi connectivity index (χ1v) is 6.70. The maximum atomic E-state index is 12.0. The molecule has 0 spiro atoms. The Balaban J connectivity index is 1.65. The second-order valence-electron chi connectivity index (χ2n) is 5.06. The maximum absolute atomic E-state index is 12.0. The molecule has 3 nitrogen and oxygen atoms in total. The lowest BCUT2D eigenvalue weighted by atomic mass is 10.1. The number of aryl methyl sites for hydroxylation is 1. The normalized spacial score (nSPS) is 16.8. The third-order valence-corrected chi connectivity index (χ3v) is 3.29. The predicted octanol–water partition coefficient (Wildman–Crippen LogP) is 3.16. The summed E-state index contributed by atoms with van der Waals surface area (Å²) in [4.78, 5) is 12.0. The SMILES string of the molecule is Cc1ccc(OC(=O)c2ccc(CC3CO3)cc2)cc1. The predicted molar refractivity (Wildman–Crippen MR) is 76.0 cm³/mol. The van der Waals surface area contributed by atoms with Gasteiger partial charge < -0.3 is 9.47 Å². The van der Waals surface area contributed by atoms with Crippen molar-refractivity contribution in [3.8, 4) is 5.75 Å². The Labute approximate surface area is 118 Å². The van der Waals surface area contributed by atoms with Crippen LogP contribution in [0.3, 0.4) is 0 Å². The van der Waals surface area contributed by atoms with Crippen LogP contribution in [-0.2, 0) is 11.2 Å². The van der Waals surface area contributed by atoms with Gasteiger partial charge >= 0.3 is 5.97 Å². The zero-order chi connectivity index (χ0) is 13.9. The van der Waals surface area contributed by atoms with E-state index in [1.807, 2.05) is 31.2 Å². The molecule has 1 aliphatic rings. The highest BCUT2D eigenvalue weighted by molar-refractivity contribution is 5.91. The zero-order valence-corrected chi connectivity index (χ0v) is 11.3. The number of epoxide rings is 1. The van der Waals surface area contributed by atoms with Crippen LogP contribution in [0.1, 0.15) is 21.5 Å². The average Bonchev–Trinajstić information content (AvgIpc) is 3.26. The maximum Gasteiger partial charge on any atom is 0.343 e.